The predicted octanol–water partition coefficient (Wildman–Crippen LogP) is 4.35. The molecule has 0 aliphatic heterocycles. The summed E-state index contributed by atoms with van der Waals surface area (Å²) < 4.78 is 5.77. The van der Waals surface area contributed by atoms with Gasteiger partial charge in [0, 0.05) is 0 Å². The Bertz CT molecular complexity index is 600. The molecular weight excluding hydrogens is 252 g/mol. The van der Waals surface area contributed by atoms with Crippen LogP contribution in [0.4, 0.5) is 0 Å². The average Bonchev–Trinajstić information content (AvgIpc) is 2.47. The van der Waals surface area contributed by atoms with Crippen LogP contribution in [0.2, 0.25) is 0 Å². The minimum Gasteiger partial charge on any atom is -0.492 e. The third kappa shape index (κ3) is 2.93. The third-order valence-electron chi connectivity index (χ3n) is 3.73. The lowest BCUT2D eigenvalue weighted by molar-refractivity contribution is 0.0693. The van der Waals surface area contributed by atoms with E-state index in [1.54, 1.807) is 6.07 Å². The minimum atomic E-state index is -0.943. The van der Waals surface area contributed by atoms with Crippen LogP contribution in [0.5, 0.6) is 5.75 Å². The van der Waals surface area contributed by atoms with Crippen LogP contribution < -0.4 is 4.74 Å². The van der Waals surface area contributed by atoms with Crippen molar-refractivity contribution in [3.05, 3.63) is 42.0 Å². The van der Waals surface area contributed by atoms with Crippen molar-refractivity contribution in [3.63, 3.8) is 0 Å². The summed E-state index contributed by atoms with van der Waals surface area (Å²) in [6.45, 7) is 4.80. The van der Waals surface area contributed by atoms with Crippen molar-refractivity contribution in [2.45, 2.75) is 26.7 Å². The van der Waals surface area contributed by atoms with E-state index < -0.39 is 5.97 Å². The highest BCUT2D eigenvalue weighted by atomic mass is 16.5. The highest BCUT2D eigenvalue weighted by molar-refractivity contribution is 6.06. The van der Waals surface area contributed by atoms with E-state index in [1.165, 1.54) is 0 Å². The van der Waals surface area contributed by atoms with E-state index in [2.05, 4.69) is 13.8 Å². The van der Waals surface area contributed by atoms with E-state index in [-0.39, 0.29) is 5.56 Å². The number of carbonyl (C=O) groups is 1. The molecule has 2 aromatic carbocycles. The molecule has 0 unspecified atom stereocenters. The number of hydrogen-bond donors (Lipinski definition) is 1. The number of carboxylic acid groups (broad SMARTS) is 1. The van der Waals surface area contributed by atoms with Crippen LogP contribution in [0.25, 0.3) is 10.8 Å². The molecule has 0 saturated heterocycles. The lowest BCUT2D eigenvalue weighted by atomic mass is 10.0. The van der Waals surface area contributed by atoms with Crippen molar-refractivity contribution in [1.82, 2.24) is 0 Å². The zero-order chi connectivity index (χ0) is 14.5. The predicted molar refractivity (Wildman–Crippen MR) is 80.5 cm³/mol. The molecule has 20 heavy (non-hydrogen) atoms. The summed E-state index contributed by atoms with van der Waals surface area (Å²) in [6.07, 6.45) is 2.07. The van der Waals surface area contributed by atoms with Gasteiger partial charge in [0.05, 0.1) is 6.61 Å². The smallest absolute Gasteiger partial charge is 0.340 e. The zero-order valence-electron chi connectivity index (χ0n) is 11.9. The Hall–Kier alpha value is -2.03. The SMILES string of the molecule is CCC(CC)COc1ccc2ccccc2c1C(=O)O. The Morgan fingerprint density at radius 3 is 2.50 bits per heavy atom. The second kappa shape index (κ2) is 6.42. The fourth-order valence-electron chi connectivity index (χ4n) is 2.32. The summed E-state index contributed by atoms with van der Waals surface area (Å²) in [7, 11) is 0. The van der Waals surface area contributed by atoms with Crippen molar-refractivity contribution in [3.8, 4) is 5.75 Å². The van der Waals surface area contributed by atoms with Crippen molar-refractivity contribution in [1.29, 1.82) is 0 Å². The molecule has 0 aromatic heterocycles. The lowest BCUT2D eigenvalue weighted by Gasteiger charge is -2.16. The first kappa shape index (κ1) is 14.4. The molecule has 0 bridgehead atoms. The molecule has 106 valence electrons. The number of carboxylic acids is 1. The summed E-state index contributed by atoms with van der Waals surface area (Å²) in [4.78, 5) is 11.5. The van der Waals surface area contributed by atoms with Crippen LogP contribution in [-0.4, -0.2) is 17.7 Å². The van der Waals surface area contributed by atoms with Gasteiger partial charge in [-0.15, -0.1) is 0 Å². The van der Waals surface area contributed by atoms with Gasteiger partial charge >= 0.3 is 5.97 Å². The number of hydrogen-bond acceptors (Lipinski definition) is 2. The van der Waals surface area contributed by atoms with E-state index in [0.717, 1.165) is 23.6 Å². The molecule has 0 fully saturated rings. The molecule has 0 atom stereocenters. The van der Waals surface area contributed by atoms with Crippen LogP contribution in [-0.2, 0) is 0 Å². The van der Waals surface area contributed by atoms with E-state index in [4.69, 9.17) is 4.74 Å². The Balaban J connectivity index is 2.37. The van der Waals surface area contributed by atoms with Crippen molar-refractivity contribution in [2.24, 2.45) is 5.92 Å². The highest BCUT2D eigenvalue weighted by Crippen LogP contribution is 2.28. The standard InChI is InChI=1S/C17H20O3/c1-3-12(4-2)11-20-15-10-9-13-7-5-6-8-14(13)16(15)17(18)19/h5-10,12H,3-4,11H2,1-2H3,(H,18,19). The lowest BCUT2D eigenvalue weighted by Crippen LogP contribution is -2.12. The molecule has 0 heterocycles. The summed E-state index contributed by atoms with van der Waals surface area (Å²) in [5, 5.41) is 11.1. The van der Waals surface area contributed by atoms with E-state index in [9.17, 15) is 9.90 Å². The summed E-state index contributed by atoms with van der Waals surface area (Å²) in [5.74, 6) is -0.0208. The number of fused-ring (bicyclic) bond motifs is 1. The minimum absolute atomic E-state index is 0.258. The zero-order valence-corrected chi connectivity index (χ0v) is 11.9. The van der Waals surface area contributed by atoms with E-state index >= 15 is 0 Å². The highest BCUT2D eigenvalue weighted by Gasteiger charge is 2.16. The van der Waals surface area contributed by atoms with Gasteiger partial charge in [-0.2, -0.15) is 0 Å². The number of ether oxygens (including phenoxy) is 1. The Labute approximate surface area is 119 Å². The van der Waals surface area contributed by atoms with Gasteiger partial charge in [0.15, 0.2) is 0 Å². The van der Waals surface area contributed by atoms with Crippen LogP contribution in [0.1, 0.15) is 37.0 Å². The molecule has 0 amide bonds. The number of aromatic carboxylic acids is 1. The molecule has 0 aliphatic carbocycles. The molecule has 0 radical (unpaired) electrons. The molecular formula is C17H20O3. The summed E-state index contributed by atoms with van der Waals surface area (Å²) in [6, 6.07) is 11.1. The van der Waals surface area contributed by atoms with Crippen molar-refractivity contribution >= 4 is 16.7 Å². The first-order valence-corrected chi connectivity index (χ1v) is 7.05. The van der Waals surface area contributed by atoms with Gasteiger partial charge in [-0.1, -0.05) is 57.0 Å². The Morgan fingerprint density at radius 1 is 1.15 bits per heavy atom. The molecule has 3 nitrogen and oxygen atoms in total. The van der Waals surface area contributed by atoms with E-state index in [0.29, 0.717) is 18.3 Å². The van der Waals surface area contributed by atoms with Crippen molar-refractivity contribution < 1.29 is 14.6 Å². The van der Waals surface area contributed by atoms with Crippen LogP contribution in [0.3, 0.4) is 0 Å². The van der Waals surface area contributed by atoms with Gasteiger partial charge in [0.25, 0.3) is 0 Å². The summed E-state index contributed by atoms with van der Waals surface area (Å²) in [5.41, 5.74) is 0.258. The molecule has 0 aliphatic rings. The van der Waals surface area contributed by atoms with Crippen LogP contribution >= 0.6 is 0 Å². The number of rotatable bonds is 6. The Morgan fingerprint density at radius 2 is 1.85 bits per heavy atom. The first-order valence-electron chi connectivity index (χ1n) is 7.05. The van der Waals surface area contributed by atoms with Gasteiger partial charge in [0.1, 0.15) is 11.3 Å². The summed E-state index contributed by atoms with van der Waals surface area (Å²) >= 11 is 0. The molecule has 0 saturated carbocycles. The number of benzene rings is 2. The topological polar surface area (TPSA) is 46.5 Å². The van der Waals surface area contributed by atoms with E-state index in [1.807, 2.05) is 30.3 Å². The molecule has 0 spiro atoms. The maximum absolute atomic E-state index is 11.5. The second-order valence-electron chi connectivity index (χ2n) is 4.96. The fourth-order valence-corrected chi connectivity index (χ4v) is 2.32. The van der Waals surface area contributed by atoms with Gasteiger partial charge in [-0.25, -0.2) is 4.79 Å². The maximum atomic E-state index is 11.5. The fraction of sp³-hybridized carbons (Fsp3) is 0.353. The third-order valence-corrected chi connectivity index (χ3v) is 3.73. The monoisotopic (exact) mass is 272 g/mol. The Kier molecular flexibility index (Phi) is 4.61. The molecule has 3 heteroatoms. The van der Waals surface area contributed by atoms with Crippen LogP contribution in [0.15, 0.2) is 36.4 Å². The van der Waals surface area contributed by atoms with Crippen LogP contribution in [0, 0.1) is 5.92 Å². The van der Waals surface area contributed by atoms with Gasteiger partial charge in [-0.05, 0) is 22.8 Å². The van der Waals surface area contributed by atoms with Gasteiger partial charge in [-0.3, -0.25) is 0 Å². The average molecular weight is 272 g/mol. The van der Waals surface area contributed by atoms with Crippen molar-refractivity contribution in [2.75, 3.05) is 6.61 Å². The normalized spacial score (nSPS) is 10.9. The molecule has 2 rings (SSSR count). The molecule has 2 aromatic rings. The van der Waals surface area contributed by atoms with Gasteiger partial charge < -0.3 is 9.84 Å². The maximum Gasteiger partial charge on any atom is 0.340 e. The second-order valence-corrected chi connectivity index (χ2v) is 4.96. The molecule has 1 N–H and O–H groups in total. The van der Waals surface area contributed by atoms with Gasteiger partial charge in [0.2, 0.25) is 0 Å². The first-order chi connectivity index (χ1) is 9.67. The largest absolute Gasteiger partial charge is 0.492 e. The quantitative estimate of drug-likeness (QED) is 0.850.